The highest BCUT2D eigenvalue weighted by Gasteiger charge is 2.30. The molecule has 5 nitrogen and oxygen atoms in total. The number of amides is 2. The predicted molar refractivity (Wildman–Crippen MR) is 81.1 cm³/mol. The van der Waals surface area contributed by atoms with E-state index in [1.54, 1.807) is 36.8 Å². The van der Waals surface area contributed by atoms with Gasteiger partial charge < -0.3 is 15.3 Å². The summed E-state index contributed by atoms with van der Waals surface area (Å²) in [6.45, 7) is 9.95. The molecular formula is C15H25N3O2. The van der Waals surface area contributed by atoms with Gasteiger partial charge in [-0.3, -0.25) is 4.90 Å². The summed E-state index contributed by atoms with van der Waals surface area (Å²) < 4.78 is 0. The van der Waals surface area contributed by atoms with E-state index in [4.69, 9.17) is 0 Å². The zero-order valence-electron chi connectivity index (χ0n) is 13.0. The second-order valence-corrected chi connectivity index (χ2v) is 5.73. The summed E-state index contributed by atoms with van der Waals surface area (Å²) in [4.78, 5) is 15.6. The van der Waals surface area contributed by atoms with E-state index >= 15 is 0 Å². The van der Waals surface area contributed by atoms with Crippen LogP contribution in [0.15, 0.2) is 35.7 Å². The van der Waals surface area contributed by atoms with E-state index in [9.17, 15) is 9.90 Å². The number of likely N-dealkylation sites (N-methyl/N-ethyl adjacent to an activating group) is 2. The lowest BCUT2D eigenvalue weighted by molar-refractivity contribution is 0.0432. The van der Waals surface area contributed by atoms with Crippen molar-refractivity contribution in [1.29, 1.82) is 0 Å². The van der Waals surface area contributed by atoms with Gasteiger partial charge in [0.05, 0.1) is 12.1 Å². The molecule has 1 rings (SSSR count). The van der Waals surface area contributed by atoms with Crippen LogP contribution in [0.4, 0.5) is 4.79 Å². The number of urea groups is 1. The van der Waals surface area contributed by atoms with E-state index in [1.165, 1.54) is 0 Å². The number of carbonyl (C=O) groups excluding carboxylic acids is 1. The van der Waals surface area contributed by atoms with Gasteiger partial charge in [0.1, 0.15) is 0 Å². The molecule has 0 atom stereocenters. The van der Waals surface area contributed by atoms with Crippen molar-refractivity contribution in [3.63, 3.8) is 0 Å². The topological polar surface area (TPSA) is 55.8 Å². The van der Waals surface area contributed by atoms with Gasteiger partial charge in [0, 0.05) is 32.0 Å². The fourth-order valence-corrected chi connectivity index (χ4v) is 2.23. The molecule has 0 radical (unpaired) electrons. The maximum Gasteiger partial charge on any atom is 0.324 e. The number of β-amino-alcohol motifs (C(OH)–C–C–N with tert-alkyl or cyclic N) is 1. The summed E-state index contributed by atoms with van der Waals surface area (Å²) in [7, 11) is 3.55. The average Bonchev–Trinajstić information content (AvgIpc) is 2.34. The molecule has 112 valence electrons. The normalized spacial score (nSPS) is 17.7. The lowest BCUT2D eigenvalue weighted by atomic mass is 10.1. The molecule has 20 heavy (non-hydrogen) atoms. The van der Waals surface area contributed by atoms with Gasteiger partial charge in [0.25, 0.3) is 0 Å². The third-order valence-electron chi connectivity index (χ3n) is 3.16. The predicted octanol–water partition coefficient (Wildman–Crippen LogP) is 1.69. The number of nitrogens with zero attached hydrogens (tertiary/aromatic N) is 2. The van der Waals surface area contributed by atoms with E-state index < -0.39 is 5.60 Å². The maximum atomic E-state index is 12.3. The number of nitrogens with one attached hydrogen (secondary N) is 1. The Bertz CT molecular complexity index is 458. The van der Waals surface area contributed by atoms with Gasteiger partial charge in [-0.05, 0) is 38.5 Å². The van der Waals surface area contributed by atoms with Gasteiger partial charge in [0.15, 0.2) is 0 Å². The Hall–Kier alpha value is -1.75. The number of carbonyl (C=O) groups is 1. The first-order chi connectivity index (χ1) is 9.19. The van der Waals surface area contributed by atoms with Crippen molar-refractivity contribution in [2.45, 2.75) is 26.4 Å². The van der Waals surface area contributed by atoms with Crippen molar-refractivity contribution < 1.29 is 9.90 Å². The second-order valence-electron chi connectivity index (χ2n) is 5.73. The summed E-state index contributed by atoms with van der Waals surface area (Å²) in [5.41, 5.74) is 1.90. The molecule has 0 aromatic heterocycles. The SMILES string of the molecule is C=C/C(=C\C1=C(C)CN(CC(C)(C)O)C(=O)N1C)NC. The minimum absolute atomic E-state index is 0.108. The molecule has 0 aliphatic carbocycles. The summed E-state index contributed by atoms with van der Waals surface area (Å²) in [5.74, 6) is 0. The molecule has 1 aliphatic heterocycles. The molecule has 2 N–H and O–H groups in total. The van der Waals surface area contributed by atoms with Crippen LogP contribution >= 0.6 is 0 Å². The zero-order chi connectivity index (χ0) is 15.5. The van der Waals surface area contributed by atoms with Gasteiger partial charge >= 0.3 is 6.03 Å². The zero-order valence-corrected chi connectivity index (χ0v) is 13.0. The smallest absolute Gasteiger partial charge is 0.324 e. The van der Waals surface area contributed by atoms with Crippen molar-refractivity contribution in [2.75, 3.05) is 27.2 Å². The monoisotopic (exact) mass is 279 g/mol. The van der Waals surface area contributed by atoms with Crippen LogP contribution in [0, 0.1) is 0 Å². The van der Waals surface area contributed by atoms with Crippen LogP contribution in [0.25, 0.3) is 0 Å². The van der Waals surface area contributed by atoms with Crippen LogP contribution in [-0.4, -0.2) is 53.7 Å². The highest BCUT2D eigenvalue weighted by atomic mass is 16.3. The average molecular weight is 279 g/mol. The van der Waals surface area contributed by atoms with Gasteiger partial charge in [-0.1, -0.05) is 6.58 Å². The third-order valence-corrected chi connectivity index (χ3v) is 3.16. The minimum atomic E-state index is -0.901. The van der Waals surface area contributed by atoms with Crippen molar-refractivity contribution >= 4 is 6.03 Å². The largest absolute Gasteiger partial charge is 0.389 e. The van der Waals surface area contributed by atoms with E-state index in [0.717, 1.165) is 17.0 Å². The summed E-state index contributed by atoms with van der Waals surface area (Å²) in [5, 5.41) is 12.9. The van der Waals surface area contributed by atoms with Crippen LogP contribution in [0.1, 0.15) is 20.8 Å². The molecule has 0 aromatic carbocycles. The lowest BCUT2D eigenvalue weighted by Crippen LogP contribution is -2.50. The van der Waals surface area contributed by atoms with Crippen molar-refractivity contribution in [3.8, 4) is 0 Å². The molecule has 0 aromatic rings. The summed E-state index contributed by atoms with van der Waals surface area (Å²) in [6, 6.07) is -0.108. The molecule has 1 heterocycles. The van der Waals surface area contributed by atoms with Crippen molar-refractivity contribution in [2.24, 2.45) is 0 Å². The molecule has 0 fully saturated rings. The minimum Gasteiger partial charge on any atom is -0.389 e. The van der Waals surface area contributed by atoms with E-state index in [1.807, 2.05) is 20.0 Å². The Morgan fingerprint density at radius 3 is 2.60 bits per heavy atom. The standard InChI is InChI=1S/C15H25N3O2/c1-7-12(16-5)8-13-11(2)9-18(10-15(3,4)20)14(19)17(13)6/h7-8,16,20H,1,9-10H2,2-6H3/b12-8+. The lowest BCUT2D eigenvalue weighted by Gasteiger charge is -2.38. The first kappa shape index (κ1) is 16.3. The number of hydrogen-bond acceptors (Lipinski definition) is 3. The third kappa shape index (κ3) is 3.87. The Morgan fingerprint density at radius 2 is 2.15 bits per heavy atom. The number of hydrogen-bond donors (Lipinski definition) is 2. The first-order valence-electron chi connectivity index (χ1n) is 6.66. The number of aliphatic hydroxyl groups is 1. The molecule has 0 bridgehead atoms. The van der Waals surface area contributed by atoms with E-state index in [2.05, 4.69) is 11.9 Å². The highest BCUT2D eigenvalue weighted by Crippen LogP contribution is 2.22. The van der Waals surface area contributed by atoms with Crippen LogP contribution in [0.2, 0.25) is 0 Å². The molecule has 0 saturated carbocycles. The first-order valence-corrected chi connectivity index (χ1v) is 6.66. The Labute approximate surface area is 121 Å². The van der Waals surface area contributed by atoms with Gasteiger partial charge in [-0.15, -0.1) is 0 Å². The Balaban J connectivity index is 3.06. The molecule has 0 saturated heterocycles. The Morgan fingerprint density at radius 1 is 1.55 bits per heavy atom. The number of allylic oxidation sites excluding steroid dienone is 2. The fourth-order valence-electron chi connectivity index (χ4n) is 2.23. The summed E-state index contributed by atoms with van der Waals surface area (Å²) in [6.07, 6.45) is 3.61. The van der Waals surface area contributed by atoms with Crippen molar-refractivity contribution in [3.05, 3.63) is 35.7 Å². The van der Waals surface area contributed by atoms with Crippen LogP contribution < -0.4 is 5.32 Å². The second kappa shape index (κ2) is 6.13. The van der Waals surface area contributed by atoms with Gasteiger partial charge in [-0.2, -0.15) is 0 Å². The highest BCUT2D eigenvalue weighted by molar-refractivity contribution is 5.79. The Kier molecular flexibility index (Phi) is 5.00. The van der Waals surface area contributed by atoms with Gasteiger partial charge in [0.2, 0.25) is 0 Å². The van der Waals surface area contributed by atoms with E-state index in [0.29, 0.717) is 13.1 Å². The van der Waals surface area contributed by atoms with Crippen LogP contribution in [-0.2, 0) is 0 Å². The molecule has 5 heteroatoms. The quantitative estimate of drug-likeness (QED) is 0.753. The van der Waals surface area contributed by atoms with E-state index in [-0.39, 0.29) is 6.03 Å². The van der Waals surface area contributed by atoms with Gasteiger partial charge in [-0.25, -0.2) is 4.79 Å². The maximum absolute atomic E-state index is 12.3. The molecule has 0 unspecified atom stereocenters. The van der Waals surface area contributed by atoms with Crippen molar-refractivity contribution in [1.82, 2.24) is 15.1 Å². The molecule has 2 amide bonds. The fraction of sp³-hybridized carbons (Fsp3) is 0.533. The van der Waals surface area contributed by atoms with Crippen LogP contribution in [0.3, 0.4) is 0 Å². The molecule has 1 aliphatic rings. The molecular weight excluding hydrogens is 254 g/mol. The number of rotatable bonds is 5. The summed E-state index contributed by atoms with van der Waals surface area (Å²) >= 11 is 0. The molecule has 0 spiro atoms. The van der Waals surface area contributed by atoms with Crippen LogP contribution in [0.5, 0.6) is 0 Å².